The molecule has 11 atom stereocenters. The predicted molar refractivity (Wildman–Crippen MR) is 294 cm³/mol. The molecule has 3 aliphatic rings. The second-order valence-corrected chi connectivity index (χ2v) is 35.5. The van der Waals surface area contributed by atoms with Crippen LogP contribution >= 0.6 is 0 Å². The Bertz CT molecular complexity index is 1620. The van der Waals surface area contributed by atoms with Gasteiger partial charge in [-0.1, -0.05) is 107 Å². The van der Waals surface area contributed by atoms with E-state index in [1.807, 2.05) is 39.8 Å². The first kappa shape index (κ1) is 62.6. The number of cyclic esters (lactones) is 1. The first-order chi connectivity index (χ1) is 33.2. The summed E-state index contributed by atoms with van der Waals surface area (Å²) in [4.78, 5) is 30.0. The van der Waals surface area contributed by atoms with Crippen molar-refractivity contribution < 1.29 is 46.6 Å². The zero-order valence-electron chi connectivity index (χ0n) is 47.5. The minimum absolute atomic E-state index is 0.0768. The molecule has 0 aromatic rings. The Morgan fingerprint density at radius 3 is 2.03 bits per heavy atom. The van der Waals surface area contributed by atoms with E-state index in [4.69, 9.17) is 37.0 Å². The number of hydrogen-bond acceptors (Lipinski definition) is 11. The molecule has 2 fully saturated rings. The lowest BCUT2D eigenvalue weighted by atomic mass is 9.88. The fourth-order valence-electron chi connectivity index (χ4n) is 11.1. The van der Waals surface area contributed by atoms with Gasteiger partial charge in [-0.25, -0.2) is 4.79 Å². The highest BCUT2D eigenvalue weighted by Crippen LogP contribution is 2.43. The van der Waals surface area contributed by atoms with Crippen LogP contribution in [-0.4, -0.2) is 129 Å². The van der Waals surface area contributed by atoms with E-state index in [1.165, 1.54) is 0 Å². The van der Waals surface area contributed by atoms with Crippen molar-refractivity contribution in [2.24, 2.45) is 11.8 Å². The summed E-state index contributed by atoms with van der Waals surface area (Å²) in [5, 5.41) is 3.33. The summed E-state index contributed by atoms with van der Waals surface area (Å²) in [6, 6.07) is 9.37. The molecular weight excluding hydrogens is 933 g/mol. The molecule has 406 valence electrons. The van der Waals surface area contributed by atoms with Crippen molar-refractivity contribution in [3.05, 3.63) is 36.0 Å². The van der Waals surface area contributed by atoms with Gasteiger partial charge in [0.1, 0.15) is 11.7 Å². The Morgan fingerprint density at radius 1 is 0.900 bits per heavy atom. The van der Waals surface area contributed by atoms with Gasteiger partial charge in [-0.15, -0.1) is 0 Å². The van der Waals surface area contributed by atoms with Crippen LogP contribution in [-0.2, 0) is 41.8 Å². The van der Waals surface area contributed by atoms with E-state index >= 15 is 0 Å². The highest BCUT2D eigenvalue weighted by molar-refractivity contribution is 6.74. The minimum atomic E-state index is -2.16. The number of carbonyl (C=O) groups excluding carboxylic acids is 2. The average Bonchev–Trinajstić information content (AvgIpc) is 4.13. The second-order valence-electron chi connectivity index (χ2n) is 21.3. The van der Waals surface area contributed by atoms with Crippen molar-refractivity contribution in [1.29, 1.82) is 0 Å². The molecule has 1 N–H and O–H groups in total. The summed E-state index contributed by atoms with van der Waals surface area (Å²) in [6.45, 7) is 40.1. The van der Waals surface area contributed by atoms with Crippen LogP contribution in [0.3, 0.4) is 0 Å². The van der Waals surface area contributed by atoms with Crippen molar-refractivity contribution in [2.75, 3.05) is 32.8 Å². The normalized spacial score (nSPS) is 28.3. The second kappa shape index (κ2) is 29.4. The van der Waals surface area contributed by atoms with Crippen molar-refractivity contribution in [3.63, 3.8) is 0 Å². The highest BCUT2D eigenvalue weighted by Gasteiger charge is 2.51. The first-order valence-corrected chi connectivity index (χ1v) is 35.7. The van der Waals surface area contributed by atoms with Crippen molar-refractivity contribution in [1.82, 2.24) is 10.2 Å². The number of piperazine rings is 1. The standard InChI is InChI=1S/C55H104N2O10Si3/c1-18-47(66-69(23-6,24-7)25-8)44(14)52-48(61-52)41-54(16,67-70(26-9,27-10)28-11)34-29-30-42(12)51-43(13)31-32-49(62-53(59)57-38-36-56-37-39-57)55(17,64-45(15)60-19-2)35-33-46(40-50(58)63-51)65-68(20-3,21-4)22-5/h29-32,34,43-49,51-52,56H,18-28,33,35-41H2,1-17H3/b32-31-,34-29+,42-30+/t43-,44+,45+,46+,47-,48+,49-,51+,52+,54-,55+/m0/s1. The number of rotatable bonds is 28. The van der Waals surface area contributed by atoms with Crippen LogP contribution in [0, 0.1) is 11.8 Å². The molecule has 0 aromatic heterocycles. The van der Waals surface area contributed by atoms with Crippen LogP contribution in [0.25, 0.3) is 0 Å². The third-order valence-corrected chi connectivity index (χ3v) is 30.9. The zero-order valence-corrected chi connectivity index (χ0v) is 50.5. The van der Waals surface area contributed by atoms with Gasteiger partial charge in [0.05, 0.1) is 30.3 Å². The molecule has 0 saturated carbocycles. The fourth-order valence-corrected chi connectivity index (χ4v) is 20.1. The summed E-state index contributed by atoms with van der Waals surface area (Å²) in [5.74, 6) is -0.291. The topological polar surface area (TPSA) is 127 Å². The van der Waals surface area contributed by atoms with Gasteiger partial charge in [0.2, 0.25) is 0 Å². The molecule has 3 rings (SSSR count). The summed E-state index contributed by atoms with van der Waals surface area (Å²) < 4.78 is 53.9. The molecule has 0 aromatic carbocycles. The molecule has 0 bridgehead atoms. The first-order valence-electron chi connectivity index (χ1n) is 28.1. The van der Waals surface area contributed by atoms with E-state index < -0.39 is 60.8 Å². The predicted octanol–water partition coefficient (Wildman–Crippen LogP) is 13.1. The largest absolute Gasteiger partial charge is 0.457 e. The number of ether oxygens (including phenoxy) is 5. The monoisotopic (exact) mass is 1040 g/mol. The molecule has 1 amide bonds. The van der Waals surface area contributed by atoms with Gasteiger partial charge >= 0.3 is 12.1 Å². The molecule has 3 heterocycles. The Labute approximate surface area is 430 Å². The zero-order chi connectivity index (χ0) is 52.3. The van der Waals surface area contributed by atoms with E-state index in [0.717, 1.165) is 72.8 Å². The maximum Gasteiger partial charge on any atom is 0.410 e. The van der Waals surface area contributed by atoms with Crippen LogP contribution in [0.4, 0.5) is 4.79 Å². The Kier molecular flexibility index (Phi) is 26.3. The van der Waals surface area contributed by atoms with E-state index in [2.05, 4.69) is 114 Å². The summed E-state index contributed by atoms with van der Waals surface area (Å²) in [6.07, 6.45) is 10.9. The van der Waals surface area contributed by atoms with Gasteiger partial charge in [0, 0.05) is 57.1 Å². The van der Waals surface area contributed by atoms with Gasteiger partial charge in [-0.05, 0) is 120 Å². The summed E-state index contributed by atoms with van der Waals surface area (Å²) in [5.41, 5.74) is -0.678. The molecule has 3 aliphatic heterocycles. The SMILES string of the molecule is CCO[C@@H](C)O[C@]1(C)CC[C@@H](O[Si](CC)(CC)CC)CC(=O)O[C@H](/C(C)=C/C=C/[C@@](C)(C[C@H]2O[C@@H]2[C@H](C)[C@H](CC)O[Si](CC)(CC)CC)O[Si](CC)(CC)CC)[C@@H](C)/C=C\[C@@H]1OC(=O)N1CCNCC1. The molecule has 0 radical (unpaired) electrons. The van der Waals surface area contributed by atoms with Crippen LogP contribution < -0.4 is 5.32 Å². The Morgan fingerprint density at radius 2 is 1.49 bits per heavy atom. The average molecular weight is 1040 g/mol. The van der Waals surface area contributed by atoms with E-state index in [9.17, 15) is 9.59 Å². The lowest BCUT2D eigenvalue weighted by molar-refractivity contribution is -0.222. The van der Waals surface area contributed by atoms with Crippen LogP contribution in [0.1, 0.15) is 150 Å². The summed E-state index contributed by atoms with van der Waals surface area (Å²) in [7, 11) is -6.01. The van der Waals surface area contributed by atoms with E-state index in [1.54, 1.807) is 4.90 Å². The number of hydrogen-bond donors (Lipinski definition) is 1. The number of esters is 1. The fraction of sp³-hybridized carbons (Fsp3) is 0.855. The lowest BCUT2D eigenvalue weighted by Gasteiger charge is -2.41. The number of epoxide rings is 1. The van der Waals surface area contributed by atoms with Gasteiger partial charge < -0.3 is 47.2 Å². The number of allylic oxidation sites excluding steroid dienone is 2. The number of amides is 1. The maximum absolute atomic E-state index is 14.3. The molecule has 0 spiro atoms. The van der Waals surface area contributed by atoms with Crippen molar-refractivity contribution in [2.45, 2.75) is 258 Å². The van der Waals surface area contributed by atoms with Gasteiger partial charge in [0.15, 0.2) is 37.3 Å². The van der Waals surface area contributed by atoms with Crippen LogP contribution in [0.5, 0.6) is 0 Å². The smallest absolute Gasteiger partial charge is 0.410 e. The van der Waals surface area contributed by atoms with Gasteiger partial charge in [-0.3, -0.25) is 4.79 Å². The molecule has 0 aliphatic carbocycles. The minimum Gasteiger partial charge on any atom is -0.457 e. The van der Waals surface area contributed by atoms with Gasteiger partial charge in [-0.2, -0.15) is 0 Å². The quantitative estimate of drug-likeness (QED) is 0.0201. The van der Waals surface area contributed by atoms with Crippen molar-refractivity contribution in [3.8, 4) is 0 Å². The molecule has 15 heteroatoms. The van der Waals surface area contributed by atoms with Crippen LogP contribution in [0.15, 0.2) is 36.0 Å². The molecule has 12 nitrogen and oxygen atoms in total. The Hall–Kier alpha value is -1.67. The number of carbonyl (C=O) groups is 2. The lowest BCUT2D eigenvalue weighted by Crippen LogP contribution is -2.52. The molecule has 0 unspecified atom stereocenters. The van der Waals surface area contributed by atoms with E-state index in [-0.39, 0.29) is 48.6 Å². The van der Waals surface area contributed by atoms with E-state index in [0.29, 0.717) is 45.6 Å². The number of nitrogens with zero attached hydrogens (tertiary/aromatic N) is 1. The molecular formula is C55H104N2O10Si3. The molecule has 2 saturated heterocycles. The summed E-state index contributed by atoms with van der Waals surface area (Å²) >= 11 is 0. The third kappa shape index (κ3) is 17.7. The van der Waals surface area contributed by atoms with Crippen LogP contribution in [0.2, 0.25) is 54.4 Å². The molecule has 70 heavy (non-hydrogen) atoms. The highest BCUT2D eigenvalue weighted by atomic mass is 28.4. The number of nitrogens with one attached hydrogen (secondary N) is 1. The maximum atomic E-state index is 14.3. The Balaban J connectivity index is 2.09. The third-order valence-electron chi connectivity index (χ3n) is 16.8. The van der Waals surface area contributed by atoms with Gasteiger partial charge in [0.25, 0.3) is 0 Å². The van der Waals surface area contributed by atoms with Crippen molar-refractivity contribution >= 4 is 37.0 Å².